The van der Waals surface area contributed by atoms with Crippen molar-refractivity contribution in [1.29, 1.82) is 0 Å². The maximum absolute atomic E-state index is 5.69. The fraction of sp³-hybridized carbons (Fsp3) is 0.600. The molecule has 1 saturated heterocycles. The van der Waals surface area contributed by atoms with Gasteiger partial charge in [0.25, 0.3) is 0 Å². The first kappa shape index (κ1) is 13.4. The molecule has 1 aromatic carbocycles. The fourth-order valence-electron chi connectivity index (χ4n) is 2.40. The second-order valence-corrected chi connectivity index (χ2v) is 4.92. The van der Waals surface area contributed by atoms with Crippen LogP contribution < -0.4 is 10.1 Å². The van der Waals surface area contributed by atoms with E-state index >= 15 is 0 Å². The van der Waals surface area contributed by atoms with Crippen molar-refractivity contribution >= 4 is 0 Å². The van der Waals surface area contributed by atoms with Gasteiger partial charge in [0.1, 0.15) is 5.75 Å². The van der Waals surface area contributed by atoms with Crippen molar-refractivity contribution < 1.29 is 9.47 Å². The molecular weight excluding hydrogens is 226 g/mol. The van der Waals surface area contributed by atoms with Crippen molar-refractivity contribution in [3.63, 3.8) is 0 Å². The van der Waals surface area contributed by atoms with Gasteiger partial charge in [-0.05, 0) is 43.4 Å². The van der Waals surface area contributed by atoms with Gasteiger partial charge in [-0.1, -0.05) is 12.1 Å². The number of rotatable bonds is 5. The second-order valence-electron chi connectivity index (χ2n) is 4.92. The van der Waals surface area contributed by atoms with Crippen molar-refractivity contribution in [2.45, 2.75) is 38.8 Å². The number of aryl methyl sites for hydroxylation is 1. The van der Waals surface area contributed by atoms with Gasteiger partial charge in [-0.2, -0.15) is 0 Å². The van der Waals surface area contributed by atoms with Crippen LogP contribution in [0.5, 0.6) is 5.75 Å². The van der Waals surface area contributed by atoms with Crippen LogP contribution in [0.15, 0.2) is 18.2 Å². The maximum atomic E-state index is 5.69. The van der Waals surface area contributed by atoms with Crippen LogP contribution in [0.25, 0.3) is 0 Å². The van der Waals surface area contributed by atoms with E-state index in [9.17, 15) is 0 Å². The topological polar surface area (TPSA) is 30.5 Å². The number of benzene rings is 1. The molecule has 0 radical (unpaired) electrons. The largest absolute Gasteiger partial charge is 0.496 e. The number of nitrogens with one attached hydrogen (secondary N) is 1. The highest BCUT2D eigenvalue weighted by Gasteiger charge is 2.12. The Morgan fingerprint density at radius 3 is 2.94 bits per heavy atom. The van der Waals surface area contributed by atoms with Gasteiger partial charge >= 0.3 is 0 Å². The molecule has 1 fully saturated rings. The standard InChI is InChI=1S/C15H23NO2/c1-12-9-13(6-7-15(12)17-2)10-16-11-14-5-3-4-8-18-14/h6-7,9,14,16H,3-5,8,10-11H2,1-2H3. The van der Waals surface area contributed by atoms with Gasteiger partial charge in [0.15, 0.2) is 0 Å². The fourth-order valence-corrected chi connectivity index (χ4v) is 2.40. The monoisotopic (exact) mass is 249 g/mol. The minimum absolute atomic E-state index is 0.401. The van der Waals surface area contributed by atoms with E-state index in [1.807, 2.05) is 6.07 Å². The molecule has 3 heteroatoms. The minimum Gasteiger partial charge on any atom is -0.496 e. The highest BCUT2D eigenvalue weighted by atomic mass is 16.5. The van der Waals surface area contributed by atoms with Crippen molar-refractivity contribution in [2.75, 3.05) is 20.3 Å². The van der Waals surface area contributed by atoms with Crippen LogP contribution in [-0.4, -0.2) is 26.4 Å². The molecule has 3 nitrogen and oxygen atoms in total. The van der Waals surface area contributed by atoms with E-state index in [2.05, 4.69) is 24.4 Å². The van der Waals surface area contributed by atoms with Crippen LogP contribution in [0.2, 0.25) is 0 Å². The molecule has 0 aliphatic carbocycles. The number of ether oxygens (including phenoxy) is 2. The molecule has 0 amide bonds. The van der Waals surface area contributed by atoms with Gasteiger partial charge in [0, 0.05) is 19.7 Å². The van der Waals surface area contributed by atoms with Gasteiger partial charge in [0.2, 0.25) is 0 Å². The number of hydrogen-bond donors (Lipinski definition) is 1. The summed E-state index contributed by atoms with van der Waals surface area (Å²) in [6.45, 7) is 4.84. The van der Waals surface area contributed by atoms with Gasteiger partial charge < -0.3 is 14.8 Å². The molecule has 0 spiro atoms. The van der Waals surface area contributed by atoms with Crippen LogP contribution >= 0.6 is 0 Å². The molecule has 1 atom stereocenters. The summed E-state index contributed by atoms with van der Waals surface area (Å²) < 4.78 is 11.0. The summed E-state index contributed by atoms with van der Waals surface area (Å²) in [4.78, 5) is 0. The van der Waals surface area contributed by atoms with Crippen molar-refractivity contribution in [1.82, 2.24) is 5.32 Å². The van der Waals surface area contributed by atoms with Gasteiger partial charge in [-0.3, -0.25) is 0 Å². The first-order chi connectivity index (χ1) is 8.79. The van der Waals surface area contributed by atoms with Crippen molar-refractivity contribution in [3.05, 3.63) is 29.3 Å². The Morgan fingerprint density at radius 1 is 1.39 bits per heavy atom. The number of methoxy groups -OCH3 is 1. The molecule has 100 valence electrons. The highest BCUT2D eigenvalue weighted by molar-refractivity contribution is 5.36. The van der Waals surface area contributed by atoms with Crippen LogP contribution in [0.3, 0.4) is 0 Å². The lowest BCUT2D eigenvalue weighted by Crippen LogP contribution is -2.31. The molecule has 1 aliphatic rings. The zero-order valence-corrected chi connectivity index (χ0v) is 11.4. The Kier molecular flexibility index (Phi) is 5.02. The maximum Gasteiger partial charge on any atom is 0.121 e. The normalized spacial score (nSPS) is 19.8. The summed E-state index contributed by atoms with van der Waals surface area (Å²) in [6.07, 6.45) is 4.11. The van der Waals surface area contributed by atoms with Gasteiger partial charge in [-0.15, -0.1) is 0 Å². The smallest absolute Gasteiger partial charge is 0.121 e. The van der Waals surface area contributed by atoms with E-state index in [0.29, 0.717) is 6.10 Å². The van der Waals surface area contributed by atoms with E-state index in [1.54, 1.807) is 7.11 Å². The molecule has 18 heavy (non-hydrogen) atoms. The van der Waals surface area contributed by atoms with Crippen molar-refractivity contribution in [2.24, 2.45) is 0 Å². The Morgan fingerprint density at radius 2 is 2.28 bits per heavy atom. The third-order valence-electron chi connectivity index (χ3n) is 3.43. The first-order valence-electron chi connectivity index (χ1n) is 6.75. The summed E-state index contributed by atoms with van der Waals surface area (Å²) in [6, 6.07) is 6.32. The zero-order valence-electron chi connectivity index (χ0n) is 11.4. The summed E-state index contributed by atoms with van der Waals surface area (Å²) in [5.74, 6) is 0.953. The molecule has 1 aliphatic heterocycles. The Labute approximate surface area is 109 Å². The predicted molar refractivity (Wildman–Crippen MR) is 73.0 cm³/mol. The van der Waals surface area contributed by atoms with E-state index in [-0.39, 0.29) is 0 Å². The molecule has 1 aromatic rings. The second kappa shape index (κ2) is 6.76. The molecule has 1 N–H and O–H groups in total. The van der Waals surface area contributed by atoms with Gasteiger partial charge in [-0.25, -0.2) is 0 Å². The zero-order chi connectivity index (χ0) is 12.8. The predicted octanol–water partition coefficient (Wildman–Crippen LogP) is 2.66. The summed E-state index contributed by atoms with van der Waals surface area (Å²) in [5.41, 5.74) is 2.48. The van der Waals surface area contributed by atoms with E-state index in [1.165, 1.54) is 30.4 Å². The molecular formula is C15H23NO2. The Bertz CT molecular complexity index is 373. The number of hydrogen-bond acceptors (Lipinski definition) is 3. The average molecular weight is 249 g/mol. The third kappa shape index (κ3) is 3.72. The van der Waals surface area contributed by atoms with Crippen LogP contribution in [0, 0.1) is 6.92 Å². The van der Waals surface area contributed by atoms with E-state index < -0.39 is 0 Å². The molecule has 1 heterocycles. The molecule has 0 saturated carbocycles. The Hall–Kier alpha value is -1.06. The molecule has 1 unspecified atom stereocenters. The highest BCUT2D eigenvalue weighted by Crippen LogP contribution is 2.18. The molecule has 0 aromatic heterocycles. The average Bonchev–Trinajstić information content (AvgIpc) is 2.40. The Balaban J connectivity index is 1.77. The summed E-state index contributed by atoms with van der Waals surface area (Å²) in [5, 5.41) is 3.47. The van der Waals surface area contributed by atoms with Crippen LogP contribution in [0.4, 0.5) is 0 Å². The summed E-state index contributed by atoms with van der Waals surface area (Å²) >= 11 is 0. The van der Waals surface area contributed by atoms with Crippen LogP contribution in [0.1, 0.15) is 30.4 Å². The quantitative estimate of drug-likeness (QED) is 0.870. The SMILES string of the molecule is COc1ccc(CNCC2CCCCO2)cc1C. The lowest BCUT2D eigenvalue weighted by atomic mass is 10.1. The van der Waals surface area contributed by atoms with Gasteiger partial charge in [0.05, 0.1) is 13.2 Å². The van der Waals surface area contributed by atoms with Crippen molar-refractivity contribution in [3.8, 4) is 5.75 Å². The third-order valence-corrected chi connectivity index (χ3v) is 3.43. The van der Waals surface area contributed by atoms with E-state index in [4.69, 9.17) is 9.47 Å². The summed E-state index contributed by atoms with van der Waals surface area (Å²) in [7, 11) is 1.71. The molecule has 0 bridgehead atoms. The lowest BCUT2D eigenvalue weighted by Gasteiger charge is -2.22. The van der Waals surface area contributed by atoms with Crippen LogP contribution in [-0.2, 0) is 11.3 Å². The van der Waals surface area contributed by atoms with E-state index in [0.717, 1.165) is 25.4 Å². The lowest BCUT2D eigenvalue weighted by molar-refractivity contribution is 0.0168. The minimum atomic E-state index is 0.401. The first-order valence-corrected chi connectivity index (χ1v) is 6.75. The molecule has 2 rings (SSSR count).